The summed E-state index contributed by atoms with van der Waals surface area (Å²) in [6.45, 7) is 25.0. The van der Waals surface area contributed by atoms with Gasteiger partial charge in [0.15, 0.2) is 0 Å². The van der Waals surface area contributed by atoms with Crippen LogP contribution in [0.15, 0.2) is 84.6 Å². The van der Waals surface area contributed by atoms with Crippen LogP contribution in [0.1, 0.15) is 125 Å². The molecular formula is C51H57N2O5PS. The van der Waals surface area contributed by atoms with Gasteiger partial charge in [0.1, 0.15) is 0 Å². The zero-order valence-electron chi connectivity index (χ0n) is 36.9. The molecule has 9 heteroatoms. The van der Waals surface area contributed by atoms with Crippen molar-refractivity contribution in [2.24, 2.45) is 16.7 Å². The maximum Gasteiger partial charge on any atom is 0.265 e. The highest BCUT2D eigenvalue weighted by atomic mass is 32.1. The smallest absolute Gasteiger partial charge is 0.265 e. The van der Waals surface area contributed by atoms with Gasteiger partial charge in [-0.25, -0.2) is 4.90 Å². The van der Waals surface area contributed by atoms with Crippen molar-refractivity contribution in [1.29, 1.82) is 0 Å². The lowest BCUT2D eigenvalue weighted by Crippen LogP contribution is -2.57. The van der Waals surface area contributed by atoms with Gasteiger partial charge in [0.05, 0.1) is 17.7 Å². The number of rotatable bonds is 10. The molecule has 0 saturated carbocycles. The van der Waals surface area contributed by atoms with Gasteiger partial charge in [-0.1, -0.05) is 97.0 Å². The van der Waals surface area contributed by atoms with Crippen molar-refractivity contribution >= 4 is 87.9 Å². The van der Waals surface area contributed by atoms with Crippen molar-refractivity contribution in [2.75, 3.05) is 6.16 Å². The fourth-order valence-corrected chi connectivity index (χ4v) is 11.0. The van der Waals surface area contributed by atoms with Crippen molar-refractivity contribution in [2.45, 2.75) is 111 Å². The number of nitrogens with zero attached hydrogens (tertiary/aromatic N) is 2. The first-order chi connectivity index (χ1) is 28.0. The minimum atomic E-state index is -0.886. The van der Waals surface area contributed by atoms with Crippen LogP contribution in [-0.4, -0.2) is 67.7 Å². The summed E-state index contributed by atoms with van der Waals surface area (Å²) in [5.74, 6) is -0.850. The third-order valence-corrected chi connectivity index (χ3v) is 16.7. The highest BCUT2D eigenvalue weighted by molar-refractivity contribution is 7.82. The Bertz CT molecular complexity index is 2650. The predicted molar refractivity (Wildman–Crippen MR) is 252 cm³/mol. The van der Waals surface area contributed by atoms with E-state index in [0.29, 0.717) is 50.3 Å². The normalized spacial score (nSPS) is 22.5. The predicted octanol–water partition coefficient (Wildman–Crippen LogP) is 12.0. The monoisotopic (exact) mass is 840 g/mol. The van der Waals surface area contributed by atoms with Crippen LogP contribution >= 0.6 is 21.2 Å². The van der Waals surface area contributed by atoms with Gasteiger partial charge in [-0.2, -0.15) is 12.6 Å². The fraction of sp³-hybridized carbons (Fsp3) is 0.412. The molecule has 4 amide bonds. The summed E-state index contributed by atoms with van der Waals surface area (Å²) in [6, 6.07) is 14.5. The van der Waals surface area contributed by atoms with Crippen molar-refractivity contribution in [3.05, 3.63) is 107 Å². The second-order valence-electron chi connectivity index (χ2n) is 19.7. The lowest BCUT2D eigenvalue weighted by Gasteiger charge is -2.45. The van der Waals surface area contributed by atoms with Gasteiger partial charge >= 0.3 is 0 Å². The topological polar surface area (TPSA) is 84.0 Å². The van der Waals surface area contributed by atoms with Crippen molar-refractivity contribution in [3.8, 4) is 0 Å². The van der Waals surface area contributed by atoms with E-state index in [1.807, 2.05) is 94.5 Å². The van der Waals surface area contributed by atoms with Gasteiger partial charge < -0.3 is 4.74 Å². The van der Waals surface area contributed by atoms with E-state index < -0.39 is 21.8 Å². The van der Waals surface area contributed by atoms with E-state index in [1.165, 1.54) is 9.80 Å². The number of fused-ring (bicyclic) bond motifs is 2. The third kappa shape index (κ3) is 6.64. The second-order valence-corrected chi connectivity index (χ2v) is 22.4. The van der Waals surface area contributed by atoms with Crippen LogP contribution in [-0.2, 0) is 4.74 Å². The minimum Gasteiger partial charge on any atom is -0.369 e. The first-order valence-electron chi connectivity index (χ1n) is 21.2. The van der Waals surface area contributed by atoms with Crippen molar-refractivity contribution in [3.63, 3.8) is 0 Å². The van der Waals surface area contributed by atoms with E-state index in [4.69, 9.17) is 17.4 Å². The zero-order valence-corrected chi connectivity index (χ0v) is 38.8. The number of carbonyl (C=O) groups excluding carboxylic acids is 4. The highest BCUT2D eigenvalue weighted by Crippen LogP contribution is 2.48. The molecule has 5 unspecified atom stereocenters. The molecule has 0 saturated heterocycles. The molecule has 0 fully saturated rings. The highest BCUT2D eigenvalue weighted by Gasteiger charge is 2.46. The maximum absolute atomic E-state index is 14.6. The molecule has 0 spiro atoms. The molecule has 5 atom stereocenters. The van der Waals surface area contributed by atoms with Crippen LogP contribution in [0.3, 0.4) is 0 Å². The Hall–Kier alpha value is -4.36. The molecule has 0 bridgehead atoms. The Morgan fingerprint density at radius 1 is 0.633 bits per heavy atom. The summed E-state index contributed by atoms with van der Waals surface area (Å²) in [6.07, 6.45) is 11.0. The molecule has 312 valence electrons. The number of benzene rings is 5. The molecule has 5 aromatic rings. The SMILES string of the molecule is CC(C)CPC(C)C(C)(S)C(C)OC(C)(C)C(C)N1C(=O)c2ccc3c4ccc5c6c(ccc(c7ccc(c2c37)C1=O)c64)C(=O)N(C1=C/C(C)(C)/C=C\C(C)(C)/C=C\1)C5=O. The molecule has 0 N–H and O–H groups in total. The number of amides is 4. The summed E-state index contributed by atoms with van der Waals surface area (Å²) < 4.78 is 6.36. The first kappa shape index (κ1) is 42.3. The molecule has 1 aliphatic carbocycles. The van der Waals surface area contributed by atoms with Crippen LogP contribution in [0, 0.1) is 16.7 Å². The average molecular weight is 841 g/mol. The Balaban J connectivity index is 1.19. The van der Waals surface area contributed by atoms with Crippen molar-refractivity contribution in [1.82, 2.24) is 9.80 Å². The number of carbonyl (C=O) groups is 4. The molecule has 2 aliphatic heterocycles. The molecule has 0 radical (unpaired) electrons. The Labute approximate surface area is 361 Å². The fourth-order valence-electron chi connectivity index (χ4n) is 9.23. The van der Waals surface area contributed by atoms with Crippen LogP contribution in [0.5, 0.6) is 0 Å². The average Bonchev–Trinajstić information content (AvgIpc) is 3.18. The lowest BCUT2D eigenvalue weighted by molar-refractivity contribution is -0.106. The van der Waals surface area contributed by atoms with E-state index in [9.17, 15) is 19.2 Å². The lowest BCUT2D eigenvalue weighted by atomic mass is 9.81. The summed E-state index contributed by atoms with van der Waals surface area (Å²) in [5.41, 5.74) is 1.15. The van der Waals surface area contributed by atoms with Gasteiger partial charge in [0.25, 0.3) is 23.6 Å². The maximum atomic E-state index is 14.6. The number of hydrogen-bond acceptors (Lipinski definition) is 6. The van der Waals surface area contributed by atoms with Gasteiger partial charge in [0, 0.05) is 54.3 Å². The summed E-state index contributed by atoms with van der Waals surface area (Å²) in [7, 11) is 0.742. The Morgan fingerprint density at radius 3 is 1.52 bits per heavy atom. The second kappa shape index (κ2) is 14.4. The minimum absolute atomic E-state index is 0.258. The Morgan fingerprint density at radius 2 is 1.07 bits per heavy atom. The zero-order chi connectivity index (χ0) is 43.6. The molecule has 60 heavy (non-hydrogen) atoms. The van der Waals surface area contributed by atoms with E-state index in [0.717, 1.165) is 47.1 Å². The van der Waals surface area contributed by atoms with E-state index in [-0.39, 0.29) is 35.1 Å². The number of allylic oxidation sites excluding steroid dienone is 5. The third-order valence-electron chi connectivity index (χ3n) is 13.5. The molecular weight excluding hydrogens is 784 g/mol. The summed E-state index contributed by atoms with van der Waals surface area (Å²) >= 11 is 5.13. The number of thiol groups is 1. The van der Waals surface area contributed by atoms with Crippen LogP contribution in [0.4, 0.5) is 0 Å². The van der Waals surface area contributed by atoms with E-state index in [2.05, 4.69) is 67.5 Å². The molecule has 0 aromatic heterocycles. The number of ether oxygens (including phenoxy) is 1. The van der Waals surface area contributed by atoms with Crippen LogP contribution in [0.2, 0.25) is 0 Å². The molecule has 3 aliphatic rings. The molecule has 7 nitrogen and oxygen atoms in total. The number of imide groups is 2. The van der Waals surface area contributed by atoms with Crippen LogP contribution < -0.4 is 0 Å². The number of hydrogen-bond donors (Lipinski definition) is 1. The molecule has 8 rings (SSSR count). The van der Waals surface area contributed by atoms with Gasteiger partial charge in [-0.15, -0.1) is 8.58 Å². The quantitative estimate of drug-likeness (QED) is 0.0378. The Kier molecular flexibility index (Phi) is 10.1. The van der Waals surface area contributed by atoms with Crippen LogP contribution in [0.25, 0.3) is 43.1 Å². The largest absolute Gasteiger partial charge is 0.369 e. The van der Waals surface area contributed by atoms with E-state index in [1.54, 1.807) is 0 Å². The van der Waals surface area contributed by atoms with Crippen molar-refractivity contribution < 1.29 is 23.9 Å². The standard InChI is InChI=1S/C51H57N2O5PS/c1-27(2)26-59-30(5)51(12,60)29(4)58-50(10,11)28(3)52-44(54)36-17-13-32-34-15-19-38-43-39(20-16-35(41(34)43)33-14-18-37(45(52)55)42(36)40(32)33)47(57)53(46(38)56)31-21-22-48(6,7)23-24-49(8,9)25-31/h13-25,27-30,59-60H,26H2,1-12H3/b22-21-,24-23-,31-25+. The molecule has 5 aromatic carbocycles. The van der Waals surface area contributed by atoms with Gasteiger partial charge in [-0.05, 0) is 115 Å². The summed E-state index contributed by atoms with van der Waals surface area (Å²) in [5, 5.41) is 6.30. The summed E-state index contributed by atoms with van der Waals surface area (Å²) in [4.78, 5) is 61.0. The first-order valence-corrected chi connectivity index (χ1v) is 22.9. The van der Waals surface area contributed by atoms with E-state index >= 15 is 0 Å². The molecule has 2 heterocycles. The van der Waals surface area contributed by atoms with Gasteiger partial charge in [-0.3, -0.25) is 24.1 Å². The van der Waals surface area contributed by atoms with Gasteiger partial charge in [0.2, 0.25) is 0 Å².